The molecule has 0 unspecified atom stereocenters. The van der Waals surface area contributed by atoms with Gasteiger partial charge in [-0.15, -0.1) is 12.4 Å². The Morgan fingerprint density at radius 1 is 1.16 bits per heavy atom. The average molecular weight is 300 g/mol. The van der Waals surface area contributed by atoms with E-state index in [1.165, 1.54) is 12.1 Å². The first-order chi connectivity index (χ1) is 8.23. The smallest absolute Gasteiger partial charge is 0.324 e. The highest BCUT2D eigenvalue weighted by atomic mass is 35.5. The minimum absolute atomic E-state index is 0. The average Bonchev–Trinajstić information content (AvgIpc) is 2.23. The molecule has 0 saturated carbocycles. The zero-order valence-electron chi connectivity index (χ0n) is 10.8. The Morgan fingerprint density at radius 3 is 2.21 bits per heavy atom. The van der Waals surface area contributed by atoms with Crippen LogP contribution in [0.4, 0.5) is 17.6 Å². The number of nitrogens with two attached hydrogens (primary N) is 1. The van der Waals surface area contributed by atoms with Crippen LogP contribution in [0.5, 0.6) is 0 Å². The minimum atomic E-state index is -4.71. The van der Waals surface area contributed by atoms with Gasteiger partial charge in [0.15, 0.2) is 0 Å². The van der Waals surface area contributed by atoms with Gasteiger partial charge in [0.1, 0.15) is 5.82 Å². The van der Waals surface area contributed by atoms with Crippen LogP contribution in [0.25, 0.3) is 0 Å². The molecule has 1 nitrogen and oxygen atoms in total. The van der Waals surface area contributed by atoms with Gasteiger partial charge in [-0.1, -0.05) is 26.0 Å². The van der Waals surface area contributed by atoms with Crippen molar-refractivity contribution in [3.63, 3.8) is 0 Å². The van der Waals surface area contributed by atoms with E-state index in [1.54, 1.807) is 0 Å². The number of rotatable bonds is 4. The number of alkyl halides is 3. The second-order valence-corrected chi connectivity index (χ2v) is 4.78. The molecule has 110 valence electrons. The summed E-state index contributed by atoms with van der Waals surface area (Å²) in [5.41, 5.74) is 4.34. The number of hydrogen-bond acceptors (Lipinski definition) is 1. The van der Waals surface area contributed by atoms with Crippen molar-refractivity contribution in [2.75, 3.05) is 0 Å². The zero-order chi connectivity index (χ0) is 13.9. The van der Waals surface area contributed by atoms with E-state index in [4.69, 9.17) is 5.73 Å². The van der Waals surface area contributed by atoms with Gasteiger partial charge >= 0.3 is 6.18 Å². The summed E-state index contributed by atoms with van der Waals surface area (Å²) < 4.78 is 51.6. The number of hydrogen-bond donors (Lipinski definition) is 1. The summed E-state index contributed by atoms with van der Waals surface area (Å²) in [5, 5.41) is 0. The summed E-state index contributed by atoms with van der Waals surface area (Å²) >= 11 is 0. The molecule has 19 heavy (non-hydrogen) atoms. The van der Waals surface area contributed by atoms with E-state index in [1.807, 2.05) is 13.8 Å². The predicted octanol–water partition coefficient (Wildman–Crippen LogP) is 4.70. The van der Waals surface area contributed by atoms with Gasteiger partial charge in [0.25, 0.3) is 0 Å². The quantitative estimate of drug-likeness (QED) is 0.801. The molecule has 1 rings (SSSR count). The Bertz CT molecular complexity index is 404. The van der Waals surface area contributed by atoms with Crippen LogP contribution >= 0.6 is 12.4 Å². The fraction of sp³-hybridized carbons (Fsp3) is 0.538. The molecule has 1 aromatic rings. The van der Waals surface area contributed by atoms with Crippen molar-refractivity contribution in [3.05, 3.63) is 35.1 Å². The van der Waals surface area contributed by atoms with Gasteiger partial charge < -0.3 is 5.73 Å². The lowest BCUT2D eigenvalue weighted by Crippen LogP contribution is -2.19. The van der Waals surface area contributed by atoms with Crippen molar-refractivity contribution in [2.24, 2.45) is 11.7 Å². The lowest BCUT2D eigenvalue weighted by molar-refractivity contribution is -0.140. The highest BCUT2D eigenvalue weighted by Gasteiger charge is 2.37. The SMILES string of the molecule is CC(C)CC[C@@H](N)c1cccc(F)c1C(F)(F)F.Cl. The van der Waals surface area contributed by atoms with Gasteiger partial charge in [-0.25, -0.2) is 4.39 Å². The topological polar surface area (TPSA) is 26.0 Å². The van der Waals surface area contributed by atoms with E-state index in [0.717, 1.165) is 6.07 Å². The fourth-order valence-corrected chi connectivity index (χ4v) is 1.82. The maximum Gasteiger partial charge on any atom is 0.419 e. The summed E-state index contributed by atoms with van der Waals surface area (Å²) in [6.45, 7) is 3.92. The van der Waals surface area contributed by atoms with Crippen molar-refractivity contribution in [1.29, 1.82) is 0 Å². The molecule has 0 saturated heterocycles. The summed E-state index contributed by atoms with van der Waals surface area (Å²) in [5.74, 6) is -0.918. The molecule has 0 aromatic heterocycles. The maximum absolute atomic E-state index is 13.3. The van der Waals surface area contributed by atoms with E-state index in [-0.39, 0.29) is 18.0 Å². The van der Waals surface area contributed by atoms with Crippen LogP contribution in [-0.2, 0) is 6.18 Å². The molecule has 0 fully saturated rings. The molecule has 6 heteroatoms. The first-order valence-electron chi connectivity index (χ1n) is 5.84. The third kappa shape index (κ3) is 4.99. The molecule has 0 radical (unpaired) electrons. The number of halogens is 5. The fourth-order valence-electron chi connectivity index (χ4n) is 1.82. The van der Waals surface area contributed by atoms with Crippen molar-refractivity contribution in [2.45, 2.75) is 38.9 Å². The molecule has 0 spiro atoms. The first-order valence-corrected chi connectivity index (χ1v) is 5.84. The van der Waals surface area contributed by atoms with Crippen LogP contribution in [0.3, 0.4) is 0 Å². The number of benzene rings is 1. The molecule has 0 aliphatic rings. The summed E-state index contributed by atoms with van der Waals surface area (Å²) in [6, 6.07) is 2.52. The Kier molecular flexibility index (Phi) is 6.80. The Morgan fingerprint density at radius 2 is 1.74 bits per heavy atom. The van der Waals surface area contributed by atoms with Crippen LogP contribution in [0.15, 0.2) is 18.2 Å². The van der Waals surface area contributed by atoms with Crippen LogP contribution < -0.4 is 5.73 Å². The predicted molar refractivity (Wildman–Crippen MR) is 69.7 cm³/mol. The van der Waals surface area contributed by atoms with Gasteiger partial charge in [0.05, 0.1) is 5.56 Å². The second-order valence-electron chi connectivity index (χ2n) is 4.78. The van der Waals surface area contributed by atoms with Crippen molar-refractivity contribution in [3.8, 4) is 0 Å². The molecule has 0 amide bonds. The molecule has 2 N–H and O–H groups in total. The van der Waals surface area contributed by atoms with Crippen LogP contribution in [0.2, 0.25) is 0 Å². The Hall–Kier alpha value is -0.810. The first kappa shape index (κ1) is 18.2. The summed E-state index contributed by atoms with van der Waals surface area (Å²) in [4.78, 5) is 0. The second kappa shape index (κ2) is 7.10. The summed E-state index contributed by atoms with van der Waals surface area (Å²) in [6.07, 6.45) is -3.60. The standard InChI is InChI=1S/C13H17F4N.ClH/c1-8(2)6-7-11(18)9-4-3-5-10(14)12(9)13(15,16)17;/h3-5,8,11H,6-7,18H2,1-2H3;1H/t11-;/m1./s1. The zero-order valence-corrected chi connectivity index (χ0v) is 11.6. The van der Waals surface area contributed by atoms with E-state index >= 15 is 0 Å². The van der Waals surface area contributed by atoms with E-state index in [0.29, 0.717) is 18.8 Å². The highest BCUT2D eigenvalue weighted by Crippen LogP contribution is 2.37. The van der Waals surface area contributed by atoms with E-state index in [2.05, 4.69) is 0 Å². The van der Waals surface area contributed by atoms with Gasteiger partial charge in [-0.05, 0) is 30.4 Å². The lowest BCUT2D eigenvalue weighted by Gasteiger charge is -2.19. The molecule has 0 bridgehead atoms. The highest BCUT2D eigenvalue weighted by molar-refractivity contribution is 5.85. The third-order valence-corrected chi connectivity index (χ3v) is 2.78. The lowest BCUT2D eigenvalue weighted by atomic mass is 9.94. The van der Waals surface area contributed by atoms with Gasteiger partial charge in [-0.3, -0.25) is 0 Å². The minimum Gasteiger partial charge on any atom is -0.324 e. The van der Waals surface area contributed by atoms with Crippen molar-refractivity contribution in [1.82, 2.24) is 0 Å². The molecule has 0 aliphatic carbocycles. The molecule has 1 atom stereocenters. The maximum atomic E-state index is 13.3. The molecular weight excluding hydrogens is 282 g/mol. The normalized spacial score (nSPS) is 13.3. The largest absolute Gasteiger partial charge is 0.419 e. The van der Waals surface area contributed by atoms with Crippen LogP contribution in [0.1, 0.15) is 43.9 Å². The Balaban J connectivity index is 0.00000324. The molecule has 1 aromatic carbocycles. The molecule has 0 heterocycles. The van der Waals surface area contributed by atoms with Crippen molar-refractivity contribution < 1.29 is 17.6 Å². The van der Waals surface area contributed by atoms with E-state index < -0.39 is 23.6 Å². The summed E-state index contributed by atoms with van der Waals surface area (Å²) in [7, 11) is 0. The van der Waals surface area contributed by atoms with Gasteiger partial charge in [-0.2, -0.15) is 13.2 Å². The van der Waals surface area contributed by atoms with Crippen LogP contribution in [-0.4, -0.2) is 0 Å². The van der Waals surface area contributed by atoms with Crippen molar-refractivity contribution >= 4 is 12.4 Å². The van der Waals surface area contributed by atoms with Gasteiger partial charge in [0.2, 0.25) is 0 Å². The Labute approximate surface area is 116 Å². The monoisotopic (exact) mass is 299 g/mol. The molecule has 0 aliphatic heterocycles. The van der Waals surface area contributed by atoms with E-state index in [9.17, 15) is 17.6 Å². The van der Waals surface area contributed by atoms with Crippen LogP contribution in [0, 0.1) is 11.7 Å². The third-order valence-electron chi connectivity index (χ3n) is 2.78. The van der Waals surface area contributed by atoms with Gasteiger partial charge in [0, 0.05) is 6.04 Å². The molecular formula is C13H18ClF4N.